The molecule has 0 aliphatic heterocycles. The number of phenols is 2. The highest BCUT2D eigenvalue weighted by molar-refractivity contribution is 7.93. The van der Waals surface area contributed by atoms with Gasteiger partial charge in [0.25, 0.3) is 10.0 Å². The van der Waals surface area contributed by atoms with Gasteiger partial charge in [-0.15, -0.1) is 0 Å². The second kappa shape index (κ2) is 9.05. The van der Waals surface area contributed by atoms with Crippen molar-refractivity contribution < 1.29 is 23.4 Å². The van der Waals surface area contributed by atoms with Gasteiger partial charge in [-0.3, -0.25) is 9.52 Å². The van der Waals surface area contributed by atoms with Crippen LogP contribution in [0.2, 0.25) is 0 Å². The van der Waals surface area contributed by atoms with Gasteiger partial charge in [0.15, 0.2) is 11.5 Å². The Morgan fingerprint density at radius 3 is 2.27 bits per heavy atom. The van der Waals surface area contributed by atoms with Gasteiger partial charge in [0.1, 0.15) is 0 Å². The molecule has 4 aromatic carbocycles. The van der Waals surface area contributed by atoms with Gasteiger partial charge in [-0.05, 0) is 48.0 Å². The Morgan fingerprint density at radius 2 is 1.52 bits per heavy atom. The van der Waals surface area contributed by atoms with Crippen LogP contribution < -0.4 is 10.0 Å². The molecule has 0 aliphatic rings. The van der Waals surface area contributed by atoms with E-state index in [4.69, 9.17) is 0 Å². The van der Waals surface area contributed by atoms with E-state index in [0.29, 0.717) is 27.7 Å². The molecule has 0 fully saturated rings. The van der Waals surface area contributed by atoms with Crippen LogP contribution in [0.4, 0.5) is 11.4 Å². The van der Waals surface area contributed by atoms with Crippen molar-refractivity contribution in [1.82, 2.24) is 0 Å². The second-order valence-corrected chi connectivity index (χ2v) is 8.85. The summed E-state index contributed by atoms with van der Waals surface area (Å²) in [4.78, 5) is 12.6. The molecule has 4 rings (SSSR count). The second-order valence-electron chi connectivity index (χ2n) is 7.20. The van der Waals surface area contributed by atoms with Crippen LogP contribution in [-0.4, -0.2) is 24.5 Å². The molecule has 0 heterocycles. The van der Waals surface area contributed by atoms with Gasteiger partial charge >= 0.3 is 0 Å². The number of phenolic OH excluding ortho intramolecular Hbond substituents is 2. The van der Waals surface area contributed by atoms with Crippen molar-refractivity contribution in [2.75, 3.05) is 10.0 Å². The number of carbonyl (C=O) groups excluding carboxylic acids is 1. The number of aromatic hydroxyl groups is 2. The molecule has 33 heavy (non-hydrogen) atoms. The number of rotatable bonds is 6. The molecule has 4 aromatic rings. The van der Waals surface area contributed by atoms with Gasteiger partial charge in [0, 0.05) is 28.2 Å². The van der Waals surface area contributed by atoms with E-state index in [0.717, 1.165) is 0 Å². The first kappa shape index (κ1) is 21.9. The molecule has 1 amide bonds. The van der Waals surface area contributed by atoms with E-state index in [1.807, 2.05) is 0 Å². The zero-order chi connectivity index (χ0) is 23.4. The summed E-state index contributed by atoms with van der Waals surface area (Å²) in [7, 11) is -3.86. The third kappa shape index (κ3) is 4.97. The predicted octanol–water partition coefficient (Wildman–Crippen LogP) is 4.70. The number of nitrogens with one attached hydrogen (secondary N) is 2. The van der Waals surface area contributed by atoms with E-state index in [1.165, 1.54) is 30.4 Å². The monoisotopic (exact) mass is 460 g/mol. The Labute approximate surface area is 190 Å². The zero-order valence-corrected chi connectivity index (χ0v) is 18.1. The summed E-state index contributed by atoms with van der Waals surface area (Å²) >= 11 is 0. The van der Waals surface area contributed by atoms with Crippen molar-refractivity contribution >= 4 is 44.2 Å². The van der Waals surface area contributed by atoms with E-state index in [9.17, 15) is 23.4 Å². The molecule has 8 heteroatoms. The largest absolute Gasteiger partial charge is 0.504 e. The fourth-order valence-corrected chi connectivity index (χ4v) is 4.61. The lowest BCUT2D eigenvalue weighted by Crippen LogP contribution is -2.13. The van der Waals surface area contributed by atoms with Gasteiger partial charge in [-0.2, -0.15) is 0 Å². The van der Waals surface area contributed by atoms with Gasteiger partial charge in [-0.1, -0.05) is 48.5 Å². The maximum atomic E-state index is 13.0. The number of hydrogen-bond donors (Lipinski definition) is 4. The van der Waals surface area contributed by atoms with E-state index in [1.54, 1.807) is 66.7 Å². The molecule has 4 N–H and O–H groups in total. The molecule has 0 aliphatic carbocycles. The van der Waals surface area contributed by atoms with Crippen LogP contribution in [0.5, 0.6) is 11.5 Å². The minimum atomic E-state index is -3.86. The minimum Gasteiger partial charge on any atom is -0.504 e. The lowest BCUT2D eigenvalue weighted by molar-refractivity contribution is -0.111. The molecule has 0 unspecified atom stereocenters. The third-order valence-electron chi connectivity index (χ3n) is 4.88. The molecule has 7 nitrogen and oxygen atoms in total. The zero-order valence-electron chi connectivity index (χ0n) is 17.3. The van der Waals surface area contributed by atoms with Crippen LogP contribution in [0.1, 0.15) is 5.56 Å². The smallest absolute Gasteiger partial charge is 0.262 e. The predicted molar refractivity (Wildman–Crippen MR) is 129 cm³/mol. The van der Waals surface area contributed by atoms with E-state index in [2.05, 4.69) is 10.0 Å². The lowest BCUT2D eigenvalue weighted by atomic mass is 10.1. The van der Waals surface area contributed by atoms with Gasteiger partial charge in [-0.25, -0.2) is 8.42 Å². The minimum absolute atomic E-state index is 0.0927. The van der Waals surface area contributed by atoms with E-state index in [-0.39, 0.29) is 16.4 Å². The standard InChI is InChI=1S/C25H20N2O5S/c28-22-14-12-17(16-23(22)29)13-15-25(30)26-21-10-4-9-20-19(21)8-5-11-24(20)33(31,32)27-18-6-2-1-3-7-18/h1-16,27-29H,(H,26,30)/b15-13+. The van der Waals surface area contributed by atoms with Crippen LogP contribution in [0.25, 0.3) is 16.8 Å². The Morgan fingerprint density at radius 1 is 0.788 bits per heavy atom. The number of para-hydroxylation sites is 1. The first-order valence-electron chi connectivity index (χ1n) is 9.94. The quantitative estimate of drug-likeness (QED) is 0.246. The summed E-state index contributed by atoms with van der Waals surface area (Å²) in [5, 5.41) is 22.7. The highest BCUT2D eigenvalue weighted by Crippen LogP contribution is 2.30. The van der Waals surface area contributed by atoms with Crippen LogP contribution >= 0.6 is 0 Å². The average Bonchev–Trinajstić information content (AvgIpc) is 2.80. The summed E-state index contributed by atoms with van der Waals surface area (Å²) in [6.07, 6.45) is 2.77. The first-order chi connectivity index (χ1) is 15.8. The number of benzene rings is 4. The average molecular weight is 461 g/mol. The van der Waals surface area contributed by atoms with E-state index >= 15 is 0 Å². The Balaban J connectivity index is 1.61. The van der Waals surface area contributed by atoms with Crippen molar-refractivity contribution in [1.29, 1.82) is 0 Å². The number of amides is 1. The molecule has 0 bridgehead atoms. The first-order valence-corrected chi connectivity index (χ1v) is 11.4. The fourth-order valence-electron chi connectivity index (χ4n) is 3.33. The van der Waals surface area contributed by atoms with Gasteiger partial charge < -0.3 is 15.5 Å². The molecule has 166 valence electrons. The van der Waals surface area contributed by atoms with Crippen molar-refractivity contribution in [2.45, 2.75) is 4.90 Å². The third-order valence-corrected chi connectivity index (χ3v) is 6.32. The number of hydrogen-bond acceptors (Lipinski definition) is 5. The summed E-state index contributed by atoms with van der Waals surface area (Å²) in [5.74, 6) is -0.977. The van der Waals surface area contributed by atoms with Gasteiger partial charge in [0.05, 0.1) is 4.90 Å². The number of carbonyl (C=O) groups is 1. The molecule has 0 saturated heterocycles. The molecular weight excluding hydrogens is 440 g/mol. The van der Waals surface area contributed by atoms with Crippen molar-refractivity contribution in [3.63, 3.8) is 0 Å². The van der Waals surface area contributed by atoms with E-state index < -0.39 is 15.9 Å². The highest BCUT2D eigenvalue weighted by atomic mass is 32.2. The topological polar surface area (TPSA) is 116 Å². The highest BCUT2D eigenvalue weighted by Gasteiger charge is 2.18. The van der Waals surface area contributed by atoms with Crippen LogP contribution in [0, 0.1) is 0 Å². The Bertz CT molecular complexity index is 1470. The SMILES string of the molecule is O=C(/C=C/c1ccc(O)c(O)c1)Nc1cccc2c(S(=O)(=O)Nc3ccccc3)cccc12. The van der Waals surface area contributed by atoms with Crippen LogP contribution in [-0.2, 0) is 14.8 Å². The molecular formula is C25H20N2O5S. The molecule has 0 saturated carbocycles. The molecule has 0 spiro atoms. The molecule has 0 aromatic heterocycles. The van der Waals surface area contributed by atoms with Crippen LogP contribution in [0.15, 0.2) is 95.9 Å². The molecule has 0 atom stereocenters. The maximum Gasteiger partial charge on any atom is 0.262 e. The molecule has 0 radical (unpaired) electrons. The summed E-state index contributed by atoms with van der Waals surface area (Å²) in [5.41, 5.74) is 1.43. The Hall–Kier alpha value is -4.30. The van der Waals surface area contributed by atoms with Gasteiger partial charge in [0.2, 0.25) is 5.91 Å². The summed E-state index contributed by atoms with van der Waals surface area (Å²) in [6, 6.07) is 22.7. The number of anilines is 2. The van der Waals surface area contributed by atoms with Crippen LogP contribution in [0.3, 0.4) is 0 Å². The van der Waals surface area contributed by atoms with Crippen molar-refractivity contribution in [3.05, 3.63) is 96.6 Å². The Kier molecular flexibility index (Phi) is 6.01. The maximum absolute atomic E-state index is 13.0. The fraction of sp³-hybridized carbons (Fsp3) is 0. The lowest BCUT2D eigenvalue weighted by Gasteiger charge is -2.13. The van der Waals surface area contributed by atoms with Crippen molar-refractivity contribution in [3.8, 4) is 11.5 Å². The number of fused-ring (bicyclic) bond motifs is 1. The summed E-state index contributed by atoms with van der Waals surface area (Å²) < 4.78 is 28.6. The summed E-state index contributed by atoms with van der Waals surface area (Å²) in [6.45, 7) is 0. The van der Waals surface area contributed by atoms with Crippen molar-refractivity contribution in [2.24, 2.45) is 0 Å². The number of sulfonamides is 1. The normalized spacial score (nSPS) is 11.5.